The van der Waals surface area contributed by atoms with Gasteiger partial charge in [0.25, 0.3) is 0 Å². The molecule has 0 aliphatic carbocycles. The summed E-state index contributed by atoms with van der Waals surface area (Å²) in [6, 6.07) is 7.07. The van der Waals surface area contributed by atoms with E-state index in [1.54, 1.807) is 7.11 Å². The van der Waals surface area contributed by atoms with E-state index in [0.717, 1.165) is 17.7 Å². The lowest BCUT2D eigenvalue weighted by Gasteiger charge is -2.09. The molecule has 2 amide bonds. The molecule has 1 aliphatic rings. The van der Waals surface area contributed by atoms with Crippen LogP contribution >= 0.6 is 0 Å². The van der Waals surface area contributed by atoms with Gasteiger partial charge in [-0.05, 0) is 24.1 Å². The summed E-state index contributed by atoms with van der Waals surface area (Å²) in [6.45, 7) is 0.602. The van der Waals surface area contributed by atoms with Gasteiger partial charge in [-0.15, -0.1) is 0 Å². The Kier molecular flexibility index (Phi) is 4.22. The first-order chi connectivity index (χ1) is 9.19. The van der Waals surface area contributed by atoms with Crippen LogP contribution in [0, 0.1) is 0 Å². The molecule has 1 saturated heterocycles. The lowest BCUT2D eigenvalue weighted by atomic mass is 10.1. The van der Waals surface area contributed by atoms with E-state index >= 15 is 0 Å². The summed E-state index contributed by atoms with van der Waals surface area (Å²) in [6.07, 6.45) is 0.173. The van der Waals surface area contributed by atoms with Gasteiger partial charge < -0.3 is 20.1 Å². The Morgan fingerprint density at radius 1 is 1.47 bits per heavy atom. The topological polar surface area (TPSA) is 76.7 Å². The monoisotopic (exact) mass is 264 g/mol. The standard InChI is InChI=1S/C13H16N2O4/c1-18-10-4-2-9(3-5-10)6-7-14-12(16)11-8-19-13(17)15-11/h2-5,11H,6-8H2,1H3,(H,14,16)(H,15,17). The summed E-state index contributed by atoms with van der Waals surface area (Å²) in [5.74, 6) is 0.581. The number of rotatable bonds is 5. The molecule has 1 fully saturated rings. The predicted octanol–water partition coefficient (Wildman–Crippen LogP) is 0.462. The Bertz CT molecular complexity index is 458. The molecule has 1 aliphatic heterocycles. The van der Waals surface area contributed by atoms with Crippen molar-refractivity contribution in [2.75, 3.05) is 20.3 Å². The molecule has 102 valence electrons. The lowest BCUT2D eigenvalue weighted by Crippen LogP contribution is -2.43. The van der Waals surface area contributed by atoms with Gasteiger partial charge in [0.1, 0.15) is 18.4 Å². The van der Waals surface area contributed by atoms with Crippen molar-refractivity contribution in [2.24, 2.45) is 0 Å². The third-order valence-electron chi connectivity index (χ3n) is 2.86. The number of carbonyl (C=O) groups excluding carboxylic acids is 2. The highest BCUT2D eigenvalue weighted by molar-refractivity contribution is 5.87. The summed E-state index contributed by atoms with van der Waals surface area (Å²) in [5, 5.41) is 5.18. The number of alkyl carbamates (subject to hydrolysis) is 1. The number of carbonyl (C=O) groups is 2. The largest absolute Gasteiger partial charge is 0.497 e. The van der Waals surface area contributed by atoms with E-state index in [4.69, 9.17) is 4.74 Å². The van der Waals surface area contributed by atoms with Crippen molar-refractivity contribution in [2.45, 2.75) is 12.5 Å². The van der Waals surface area contributed by atoms with Crippen LogP contribution in [0.15, 0.2) is 24.3 Å². The fourth-order valence-corrected chi connectivity index (χ4v) is 1.77. The minimum Gasteiger partial charge on any atom is -0.497 e. The van der Waals surface area contributed by atoms with Crippen LogP contribution in [-0.4, -0.2) is 38.3 Å². The SMILES string of the molecule is COc1ccc(CCNC(=O)C2COC(=O)N2)cc1. The lowest BCUT2D eigenvalue weighted by molar-refractivity contribution is -0.122. The van der Waals surface area contributed by atoms with Crippen molar-refractivity contribution < 1.29 is 19.1 Å². The van der Waals surface area contributed by atoms with Gasteiger partial charge in [-0.25, -0.2) is 4.79 Å². The number of benzene rings is 1. The van der Waals surface area contributed by atoms with Crippen LogP contribution in [0.5, 0.6) is 5.75 Å². The van der Waals surface area contributed by atoms with Crippen molar-refractivity contribution in [3.05, 3.63) is 29.8 Å². The van der Waals surface area contributed by atoms with Crippen LogP contribution in [0.2, 0.25) is 0 Å². The molecule has 2 rings (SSSR count). The van der Waals surface area contributed by atoms with Gasteiger partial charge in [0.05, 0.1) is 7.11 Å². The average molecular weight is 264 g/mol. The first kappa shape index (κ1) is 13.2. The fourth-order valence-electron chi connectivity index (χ4n) is 1.77. The van der Waals surface area contributed by atoms with E-state index in [0.29, 0.717) is 6.54 Å². The molecule has 19 heavy (non-hydrogen) atoms. The Morgan fingerprint density at radius 3 is 2.79 bits per heavy atom. The maximum Gasteiger partial charge on any atom is 0.407 e. The van der Waals surface area contributed by atoms with Crippen LogP contribution in [0.4, 0.5) is 4.79 Å². The van der Waals surface area contributed by atoms with Gasteiger partial charge in [-0.2, -0.15) is 0 Å². The third kappa shape index (κ3) is 3.61. The summed E-state index contributed by atoms with van der Waals surface area (Å²) < 4.78 is 9.72. The van der Waals surface area contributed by atoms with Gasteiger partial charge in [-0.3, -0.25) is 4.79 Å². The van der Waals surface area contributed by atoms with Gasteiger partial charge in [0.15, 0.2) is 0 Å². The number of hydrogen-bond acceptors (Lipinski definition) is 4. The van der Waals surface area contributed by atoms with E-state index < -0.39 is 12.1 Å². The quantitative estimate of drug-likeness (QED) is 0.810. The zero-order valence-electron chi connectivity index (χ0n) is 10.6. The number of amides is 2. The highest BCUT2D eigenvalue weighted by Crippen LogP contribution is 2.11. The van der Waals surface area contributed by atoms with E-state index in [1.807, 2.05) is 24.3 Å². The second kappa shape index (κ2) is 6.08. The molecule has 0 radical (unpaired) electrons. The molecule has 1 aromatic rings. The maximum atomic E-state index is 11.7. The molecule has 1 heterocycles. The Labute approximate surface area is 111 Å². The fraction of sp³-hybridized carbons (Fsp3) is 0.385. The van der Waals surface area contributed by atoms with E-state index in [1.165, 1.54) is 0 Å². The first-order valence-electron chi connectivity index (χ1n) is 6.03. The highest BCUT2D eigenvalue weighted by Gasteiger charge is 2.28. The highest BCUT2D eigenvalue weighted by atomic mass is 16.6. The second-order valence-corrected chi connectivity index (χ2v) is 4.18. The molecule has 0 saturated carbocycles. The summed E-state index contributed by atoms with van der Waals surface area (Å²) in [5.41, 5.74) is 1.10. The molecule has 2 N–H and O–H groups in total. The first-order valence-corrected chi connectivity index (χ1v) is 6.03. The number of methoxy groups -OCH3 is 1. The molecular weight excluding hydrogens is 248 g/mol. The predicted molar refractivity (Wildman–Crippen MR) is 68.0 cm³/mol. The third-order valence-corrected chi connectivity index (χ3v) is 2.86. The van der Waals surface area contributed by atoms with Gasteiger partial charge in [-0.1, -0.05) is 12.1 Å². The summed E-state index contributed by atoms with van der Waals surface area (Å²) >= 11 is 0. The van der Waals surface area contributed by atoms with E-state index in [2.05, 4.69) is 15.4 Å². The van der Waals surface area contributed by atoms with Crippen molar-refractivity contribution in [3.63, 3.8) is 0 Å². The van der Waals surface area contributed by atoms with Crippen molar-refractivity contribution >= 4 is 12.0 Å². The van der Waals surface area contributed by atoms with Crippen LogP contribution in [0.1, 0.15) is 5.56 Å². The van der Waals surface area contributed by atoms with Crippen molar-refractivity contribution in [1.29, 1.82) is 0 Å². The molecule has 6 nitrogen and oxygen atoms in total. The Morgan fingerprint density at radius 2 is 2.21 bits per heavy atom. The second-order valence-electron chi connectivity index (χ2n) is 4.18. The van der Waals surface area contributed by atoms with Gasteiger partial charge >= 0.3 is 6.09 Å². The van der Waals surface area contributed by atoms with E-state index in [9.17, 15) is 9.59 Å². The number of cyclic esters (lactones) is 1. The van der Waals surface area contributed by atoms with Gasteiger partial charge in [0.2, 0.25) is 5.91 Å². The van der Waals surface area contributed by atoms with Crippen LogP contribution < -0.4 is 15.4 Å². The maximum absolute atomic E-state index is 11.7. The van der Waals surface area contributed by atoms with Crippen LogP contribution in [0.25, 0.3) is 0 Å². The average Bonchev–Trinajstić information content (AvgIpc) is 2.86. The smallest absolute Gasteiger partial charge is 0.407 e. The van der Waals surface area contributed by atoms with Crippen molar-refractivity contribution in [3.8, 4) is 5.75 Å². The molecule has 0 bridgehead atoms. The molecule has 6 heteroatoms. The van der Waals surface area contributed by atoms with Crippen LogP contribution in [0.3, 0.4) is 0 Å². The molecule has 1 aromatic carbocycles. The van der Waals surface area contributed by atoms with Crippen LogP contribution in [-0.2, 0) is 16.0 Å². The minimum atomic E-state index is -0.580. The number of nitrogens with one attached hydrogen (secondary N) is 2. The molecule has 1 unspecified atom stereocenters. The summed E-state index contributed by atoms with van der Waals surface area (Å²) in [4.78, 5) is 22.4. The Balaban J connectivity index is 1.73. The zero-order valence-corrected chi connectivity index (χ0v) is 10.6. The number of hydrogen-bond donors (Lipinski definition) is 2. The molecular formula is C13H16N2O4. The zero-order chi connectivity index (χ0) is 13.7. The van der Waals surface area contributed by atoms with Gasteiger partial charge in [0, 0.05) is 6.54 Å². The normalized spacial score (nSPS) is 17.5. The minimum absolute atomic E-state index is 0.0905. The molecule has 1 atom stereocenters. The molecule has 0 aromatic heterocycles. The van der Waals surface area contributed by atoms with E-state index in [-0.39, 0.29) is 12.5 Å². The number of ether oxygens (including phenoxy) is 2. The Hall–Kier alpha value is -2.24. The summed E-state index contributed by atoms with van der Waals surface area (Å²) in [7, 11) is 1.62. The molecule has 0 spiro atoms. The van der Waals surface area contributed by atoms with Crippen molar-refractivity contribution in [1.82, 2.24) is 10.6 Å².